The number of carboxylic acids is 1. The molecule has 0 bridgehead atoms. The first-order chi connectivity index (χ1) is 15.7. The molecule has 0 saturated heterocycles. The third kappa shape index (κ3) is 6.44. The van der Waals surface area contributed by atoms with Gasteiger partial charge in [0.1, 0.15) is 11.7 Å². The zero-order valence-electron chi connectivity index (χ0n) is 17.9. The second-order valence-corrected chi connectivity index (χ2v) is 9.60. The number of aliphatic carboxylic acids is 1. The lowest BCUT2D eigenvalue weighted by molar-refractivity contribution is -0.139. The molecule has 3 N–H and O–H groups in total. The van der Waals surface area contributed by atoms with Gasteiger partial charge >= 0.3 is 5.97 Å². The van der Waals surface area contributed by atoms with Crippen molar-refractivity contribution < 1.29 is 23.1 Å². The van der Waals surface area contributed by atoms with Crippen molar-refractivity contribution in [2.45, 2.75) is 23.8 Å². The fraction of sp³-hybridized carbons (Fsp3) is 0.217. The molecule has 1 aromatic heterocycles. The van der Waals surface area contributed by atoms with Crippen LogP contribution < -0.4 is 10.0 Å². The fourth-order valence-corrected chi connectivity index (χ4v) is 4.60. The SMILES string of the molecule is Cn1cccc1C(=O)NCCC[C@H](NS(=O)(=O)c1ccc(-c2ccc(Cl)cc2)cc1)C(=O)O. The topological polar surface area (TPSA) is 118 Å². The molecule has 174 valence electrons. The van der Waals surface area contributed by atoms with Gasteiger partial charge in [-0.3, -0.25) is 9.59 Å². The Morgan fingerprint density at radius 1 is 1.03 bits per heavy atom. The first kappa shape index (κ1) is 24.5. The molecule has 1 atom stereocenters. The average Bonchev–Trinajstić information content (AvgIpc) is 3.22. The van der Waals surface area contributed by atoms with Crippen LogP contribution in [-0.2, 0) is 21.9 Å². The van der Waals surface area contributed by atoms with E-state index in [2.05, 4.69) is 10.0 Å². The van der Waals surface area contributed by atoms with Crippen molar-refractivity contribution in [2.24, 2.45) is 7.05 Å². The standard InChI is InChI=1S/C23H24ClN3O5S/c1-27-15-3-5-21(27)22(28)25-14-2-4-20(23(29)30)26-33(31,32)19-12-8-17(9-13-19)16-6-10-18(24)11-7-16/h3,5-13,15,20,26H,2,4,14H2,1H3,(H,25,28)(H,29,30)/t20-/m0/s1. The predicted octanol–water partition coefficient (Wildman–Crippen LogP) is 3.29. The highest BCUT2D eigenvalue weighted by Crippen LogP contribution is 2.23. The van der Waals surface area contributed by atoms with Crippen LogP contribution in [0.4, 0.5) is 0 Å². The molecule has 0 saturated carbocycles. The van der Waals surface area contributed by atoms with E-state index in [1.165, 1.54) is 12.1 Å². The maximum Gasteiger partial charge on any atom is 0.321 e. The van der Waals surface area contributed by atoms with Crippen LogP contribution in [0.5, 0.6) is 0 Å². The second kappa shape index (κ2) is 10.7. The van der Waals surface area contributed by atoms with E-state index in [0.717, 1.165) is 11.1 Å². The fourth-order valence-electron chi connectivity index (χ4n) is 3.25. The number of aromatic nitrogens is 1. The molecule has 2 aromatic carbocycles. The molecule has 33 heavy (non-hydrogen) atoms. The maximum absolute atomic E-state index is 12.7. The number of amides is 1. The van der Waals surface area contributed by atoms with Gasteiger partial charge in [-0.1, -0.05) is 35.9 Å². The van der Waals surface area contributed by atoms with Gasteiger partial charge in [-0.25, -0.2) is 8.42 Å². The summed E-state index contributed by atoms with van der Waals surface area (Å²) in [5.41, 5.74) is 2.15. The van der Waals surface area contributed by atoms with E-state index in [4.69, 9.17) is 11.6 Å². The number of rotatable bonds is 10. The van der Waals surface area contributed by atoms with Crippen LogP contribution in [-0.4, -0.2) is 42.6 Å². The Morgan fingerprint density at radius 2 is 1.64 bits per heavy atom. The number of benzene rings is 2. The summed E-state index contributed by atoms with van der Waals surface area (Å²) < 4.78 is 29.3. The van der Waals surface area contributed by atoms with Gasteiger partial charge in [0.25, 0.3) is 5.91 Å². The van der Waals surface area contributed by atoms with E-state index in [9.17, 15) is 23.1 Å². The lowest BCUT2D eigenvalue weighted by Crippen LogP contribution is -2.41. The van der Waals surface area contributed by atoms with Gasteiger partial charge < -0.3 is 15.0 Å². The van der Waals surface area contributed by atoms with Gasteiger partial charge in [0.2, 0.25) is 10.0 Å². The normalized spacial score (nSPS) is 12.3. The maximum atomic E-state index is 12.7. The molecule has 3 aromatic rings. The minimum atomic E-state index is -4.05. The Kier molecular flexibility index (Phi) is 7.91. The van der Waals surface area contributed by atoms with Gasteiger partial charge in [0.05, 0.1) is 4.90 Å². The highest BCUT2D eigenvalue weighted by molar-refractivity contribution is 7.89. The number of aryl methyl sites for hydroxylation is 1. The number of nitrogens with one attached hydrogen (secondary N) is 2. The molecule has 0 aliphatic heterocycles. The quantitative estimate of drug-likeness (QED) is 0.378. The van der Waals surface area contributed by atoms with Crippen LogP contribution in [0.3, 0.4) is 0 Å². The van der Waals surface area contributed by atoms with Crippen LogP contribution in [0.2, 0.25) is 5.02 Å². The van der Waals surface area contributed by atoms with Crippen LogP contribution in [0.15, 0.2) is 71.8 Å². The van der Waals surface area contributed by atoms with E-state index in [0.29, 0.717) is 10.7 Å². The molecule has 8 nitrogen and oxygen atoms in total. The zero-order valence-corrected chi connectivity index (χ0v) is 19.4. The van der Waals surface area contributed by atoms with Gasteiger partial charge in [-0.15, -0.1) is 0 Å². The van der Waals surface area contributed by atoms with Crippen LogP contribution >= 0.6 is 11.6 Å². The summed E-state index contributed by atoms with van der Waals surface area (Å²) in [6.07, 6.45) is 2.04. The summed E-state index contributed by atoms with van der Waals surface area (Å²) in [5.74, 6) is -1.57. The van der Waals surface area contributed by atoms with E-state index in [1.54, 1.807) is 54.2 Å². The van der Waals surface area contributed by atoms with Gasteiger partial charge in [0.15, 0.2) is 0 Å². The van der Waals surface area contributed by atoms with Crippen molar-refractivity contribution in [3.05, 3.63) is 77.6 Å². The first-order valence-electron chi connectivity index (χ1n) is 10.2. The number of sulfonamides is 1. The molecular weight excluding hydrogens is 466 g/mol. The van der Waals surface area contributed by atoms with Crippen LogP contribution in [0.25, 0.3) is 11.1 Å². The van der Waals surface area contributed by atoms with Gasteiger partial charge in [-0.2, -0.15) is 4.72 Å². The lowest BCUT2D eigenvalue weighted by atomic mass is 10.1. The Labute approximate surface area is 197 Å². The molecule has 0 radical (unpaired) electrons. The highest BCUT2D eigenvalue weighted by Gasteiger charge is 2.25. The van der Waals surface area contributed by atoms with E-state index < -0.39 is 22.0 Å². The van der Waals surface area contributed by atoms with Gasteiger partial charge in [0, 0.05) is 24.8 Å². The van der Waals surface area contributed by atoms with E-state index in [1.807, 2.05) is 12.1 Å². The molecule has 0 aliphatic carbocycles. The number of halogens is 1. The summed E-state index contributed by atoms with van der Waals surface area (Å²) in [7, 11) is -2.31. The number of carbonyl (C=O) groups is 2. The Balaban J connectivity index is 1.58. The molecule has 1 amide bonds. The highest BCUT2D eigenvalue weighted by atomic mass is 35.5. The van der Waals surface area contributed by atoms with Crippen molar-refractivity contribution in [3.8, 4) is 11.1 Å². The Morgan fingerprint density at radius 3 is 2.18 bits per heavy atom. The third-order valence-electron chi connectivity index (χ3n) is 5.07. The minimum Gasteiger partial charge on any atom is -0.480 e. The number of carboxylic acid groups (broad SMARTS) is 1. The molecule has 0 fully saturated rings. The summed E-state index contributed by atoms with van der Waals surface area (Å²) >= 11 is 5.89. The second-order valence-electron chi connectivity index (χ2n) is 7.45. The molecule has 1 heterocycles. The van der Waals surface area contributed by atoms with Crippen molar-refractivity contribution in [3.63, 3.8) is 0 Å². The lowest BCUT2D eigenvalue weighted by Gasteiger charge is -2.15. The summed E-state index contributed by atoms with van der Waals surface area (Å²) in [4.78, 5) is 23.7. The summed E-state index contributed by atoms with van der Waals surface area (Å²) in [6, 6.07) is 15.3. The van der Waals surface area contributed by atoms with Gasteiger partial charge in [-0.05, 0) is 60.4 Å². The molecular formula is C23H24ClN3O5S. The summed E-state index contributed by atoms with van der Waals surface area (Å²) in [5, 5.41) is 12.8. The Hall–Kier alpha value is -3.14. The monoisotopic (exact) mass is 489 g/mol. The first-order valence-corrected chi connectivity index (χ1v) is 12.0. The van der Waals surface area contributed by atoms with Crippen LogP contribution in [0.1, 0.15) is 23.3 Å². The van der Waals surface area contributed by atoms with Crippen molar-refractivity contribution in [2.75, 3.05) is 6.54 Å². The van der Waals surface area contributed by atoms with Crippen molar-refractivity contribution in [1.82, 2.24) is 14.6 Å². The number of nitrogens with zero attached hydrogens (tertiary/aromatic N) is 1. The van der Waals surface area contributed by atoms with Crippen molar-refractivity contribution in [1.29, 1.82) is 0 Å². The molecule has 0 unspecified atom stereocenters. The Bertz CT molecular complexity index is 1220. The minimum absolute atomic E-state index is 0.0187. The predicted molar refractivity (Wildman–Crippen MR) is 126 cm³/mol. The third-order valence-corrected chi connectivity index (χ3v) is 6.81. The number of hydrogen-bond donors (Lipinski definition) is 3. The average molecular weight is 490 g/mol. The molecule has 0 spiro atoms. The van der Waals surface area contributed by atoms with Crippen LogP contribution in [0, 0.1) is 0 Å². The smallest absolute Gasteiger partial charge is 0.321 e. The summed E-state index contributed by atoms with van der Waals surface area (Å²) in [6.45, 7) is 0.214. The van der Waals surface area contributed by atoms with E-state index in [-0.39, 0.29) is 30.2 Å². The molecule has 10 heteroatoms. The van der Waals surface area contributed by atoms with E-state index >= 15 is 0 Å². The molecule has 0 aliphatic rings. The largest absolute Gasteiger partial charge is 0.480 e. The zero-order chi connectivity index (χ0) is 24.0. The van der Waals surface area contributed by atoms with Crippen molar-refractivity contribution >= 4 is 33.5 Å². The number of carbonyl (C=O) groups excluding carboxylic acids is 1. The number of hydrogen-bond acceptors (Lipinski definition) is 4. The molecule has 3 rings (SSSR count).